The Hall–Kier alpha value is -1.44. The molecule has 0 bridgehead atoms. The van der Waals surface area contributed by atoms with Crippen LogP contribution in [0.5, 0.6) is 0 Å². The van der Waals surface area contributed by atoms with E-state index in [4.69, 9.17) is 20.4 Å². The number of aliphatic hydroxyl groups is 2. The van der Waals surface area contributed by atoms with Gasteiger partial charge in [-0.1, -0.05) is 0 Å². The first kappa shape index (κ1) is 17.9. The highest BCUT2D eigenvalue weighted by molar-refractivity contribution is 5.89. The smallest absolute Gasteiger partial charge is 0.328 e. The second kappa shape index (κ2) is 7.00. The quantitative estimate of drug-likeness (QED) is 0.343. The van der Waals surface area contributed by atoms with Crippen molar-refractivity contribution in [2.75, 3.05) is 0 Å². The van der Waals surface area contributed by atoms with Crippen molar-refractivity contribution in [1.82, 2.24) is 5.32 Å². The maximum atomic E-state index is 9.55. The van der Waals surface area contributed by atoms with Gasteiger partial charge in [0.2, 0.25) is 0 Å². The van der Waals surface area contributed by atoms with E-state index >= 15 is 0 Å². The van der Waals surface area contributed by atoms with Gasteiger partial charge in [-0.15, -0.1) is 0 Å². The summed E-state index contributed by atoms with van der Waals surface area (Å²) in [4.78, 5) is 19.1. The minimum atomic E-state index is -1.26. The van der Waals surface area contributed by atoms with Crippen LogP contribution in [-0.4, -0.2) is 43.8 Å². The van der Waals surface area contributed by atoms with Gasteiger partial charge in [-0.3, -0.25) is 5.32 Å². The van der Waals surface area contributed by atoms with E-state index in [0.29, 0.717) is 12.2 Å². The lowest BCUT2D eigenvalue weighted by atomic mass is 10.2. The minimum Gasteiger partial charge on any atom is -0.478 e. The number of rotatable bonds is 4. The minimum absolute atomic E-state index is 0.558. The van der Waals surface area contributed by atoms with Crippen molar-refractivity contribution >= 4 is 11.9 Å². The maximum Gasteiger partial charge on any atom is 0.328 e. The highest BCUT2D eigenvalue weighted by Gasteiger charge is 2.21. The average molecular weight is 249 g/mol. The molecule has 17 heavy (non-hydrogen) atoms. The second-order valence-electron chi connectivity index (χ2n) is 4.25. The summed E-state index contributed by atoms with van der Waals surface area (Å²) < 4.78 is 0. The zero-order valence-electron chi connectivity index (χ0n) is 10.3. The summed E-state index contributed by atoms with van der Waals surface area (Å²) in [5.74, 6) is -2.51. The molecule has 7 heteroatoms. The third-order valence-electron chi connectivity index (χ3n) is 0.980. The molecule has 0 heterocycles. The molecule has 0 aromatic heterocycles. The number of hydrogen-bond acceptors (Lipinski definition) is 5. The molecule has 0 amide bonds. The fourth-order valence-corrected chi connectivity index (χ4v) is 0.891. The first-order chi connectivity index (χ1) is 7.33. The van der Waals surface area contributed by atoms with Gasteiger partial charge < -0.3 is 20.4 Å². The number of carboxylic acid groups (broad SMARTS) is 2. The van der Waals surface area contributed by atoms with Crippen LogP contribution >= 0.6 is 0 Å². The first-order valence-corrected chi connectivity index (χ1v) is 4.71. The van der Waals surface area contributed by atoms with E-state index in [1.807, 2.05) is 0 Å². The van der Waals surface area contributed by atoms with Crippen molar-refractivity contribution in [1.29, 1.82) is 0 Å². The molecule has 100 valence electrons. The topological polar surface area (TPSA) is 127 Å². The van der Waals surface area contributed by atoms with Gasteiger partial charge in [-0.25, -0.2) is 9.59 Å². The van der Waals surface area contributed by atoms with Gasteiger partial charge in [-0.05, 0) is 27.7 Å². The summed E-state index contributed by atoms with van der Waals surface area (Å²) >= 11 is 0. The van der Waals surface area contributed by atoms with Gasteiger partial charge in [0.05, 0.1) is 0 Å². The van der Waals surface area contributed by atoms with Crippen LogP contribution in [0.2, 0.25) is 0 Å². The average Bonchev–Trinajstić information content (AvgIpc) is 1.94. The van der Waals surface area contributed by atoms with Crippen molar-refractivity contribution in [3.05, 3.63) is 12.2 Å². The van der Waals surface area contributed by atoms with E-state index in [9.17, 15) is 9.59 Å². The molecule has 0 aliphatic carbocycles. The van der Waals surface area contributed by atoms with E-state index < -0.39 is 23.4 Å². The molecule has 0 radical (unpaired) electrons. The van der Waals surface area contributed by atoms with Gasteiger partial charge in [0, 0.05) is 12.2 Å². The lowest BCUT2D eigenvalue weighted by Crippen LogP contribution is -2.51. The Morgan fingerprint density at radius 1 is 0.882 bits per heavy atom. The van der Waals surface area contributed by atoms with Gasteiger partial charge in [0.15, 0.2) is 0 Å². The highest BCUT2D eigenvalue weighted by atomic mass is 16.4. The number of carbonyl (C=O) groups is 2. The highest BCUT2D eigenvalue weighted by Crippen LogP contribution is 2.03. The van der Waals surface area contributed by atoms with Crippen LogP contribution in [0.4, 0.5) is 0 Å². The van der Waals surface area contributed by atoms with Crippen LogP contribution in [0.3, 0.4) is 0 Å². The molecular weight excluding hydrogens is 230 g/mol. The lowest BCUT2D eigenvalue weighted by molar-refractivity contribution is -0.134. The summed E-state index contributed by atoms with van der Waals surface area (Å²) in [5.41, 5.74) is -2.03. The van der Waals surface area contributed by atoms with Gasteiger partial charge >= 0.3 is 11.9 Å². The molecule has 0 aliphatic rings. The van der Waals surface area contributed by atoms with E-state index in [-0.39, 0.29) is 0 Å². The normalized spacial score (nSPS) is 11.9. The summed E-state index contributed by atoms with van der Waals surface area (Å²) in [6, 6.07) is 0. The molecule has 0 aromatic carbocycles. The molecule has 0 rings (SSSR count). The van der Waals surface area contributed by atoms with Crippen molar-refractivity contribution < 1.29 is 30.0 Å². The number of hydrogen-bond donors (Lipinski definition) is 5. The van der Waals surface area contributed by atoms with Crippen LogP contribution in [0.15, 0.2) is 12.2 Å². The van der Waals surface area contributed by atoms with E-state index in [1.54, 1.807) is 27.7 Å². The second-order valence-corrected chi connectivity index (χ2v) is 4.25. The first-order valence-electron chi connectivity index (χ1n) is 4.71. The Labute approximate surface area is 99.4 Å². The van der Waals surface area contributed by atoms with Crippen molar-refractivity contribution in [3.8, 4) is 0 Å². The van der Waals surface area contributed by atoms with Crippen LogP contribution in [0.25, 0.3) is 0 Å². The fraction of sp³-hybridized carbons (Fsp3) is 0.600. The predicted octanol–water partition coefficient (Wildman–Crippen LogP) is -0.255. The molecule has 0 unspecified atom stereocenters. The summed E-state index contributed by atoms with van der Waals surface area (Å²) in [7, 11) is 0. The van der Waals surface area contributed by atoms with Crippen molar-refractivity contribution in [2.24, 2.45) is 0 Å². The predicted molar refractivity (Wildman–Crippen MR) is 60.1 cm³/mol. The van der Waals surface area contributed by atoms with E-state index in [1.165, 1.54) is 0 Å². The Morgan fingerprint density at radius 2 is 1.12 bits per heavy atom. The molecular formula is C10H19NO6. The van der Waals surface area contributed by atoms with E-state index in [0.717, 1.165) is 0 Å². The van der Waals surface area contributed by atoms with Crippen LogP contribution in [0, 0.1) is 0 Å². The largest absolute Gasteiger partial charge is 0.478 e. The summed E-state index contributed by atoms with van der Waals surface area (Å²) in [6.07, 6.45) is 1.12. The number of aliphatic carboxylic acids is 2. The van der Waals surface area contributed by atoms with Gasteiger partial charge in [0.1, 0.15) is 11.4 Å². The summed E-state index contributed by atoms with van der Waals surface area (Å²) in [5, 5.41) is 36.4. The Balaban J connectivity index is 0. The van der Waals surface area contributed by atoms with E-state index in [2.05, 4.69) is 5.32 Å². The SMILES string of the molecule is CC(C)(O)NC(C)(C)O.O=C(O)/C=C\C(=O)O. The molecule has 0 spiro atoms. The van der Waals surface area contributed by atoms with Crippen LogP contribution < -0.4 is 5.32 Å². The zero-order chi connectivity index (χ0) is 14.3. The molecule has 0 fully saturated rings. The molecule has 5 N–H and O–H groups in total. The molecule has 0 aromatic rings. The van der Waals surface area contributed by atoms with Crippen LogP contribution in [-0.2, 0) is 9.59 Å². The maximum absolute atomic E-state index is 9.55. The lowest BCUT2D eigenvalue weighted by Gasteiger charge is -2.28. The molecule has 0 saturated carbocycles. The van der Waals surface area contributed by atoms with Crippen LogP contribution in [0.1, 0.15) is 27.7 Å². The third-order valence-corrected chi connectivity index (χ3v) is 0.980. The fourth-order valence-electron chi connectivity index (χ4n) is 0.891. The Kier molecular flexibility index (Phi) is 7.38. The number of nitrogens with one attached hydrogen (secondary N) is 1. The summed E-state index contributed by atoms with van der Waals surface area (Å²) in [6.45, 7) is 6.30. The molecule has 7 nitrogen and oxygen atoms in total. The zero-order valence-corrected chi connectivity index (χ0v) is 10.3. The molecule has 0 atom stereocenters. The molecule has 0 saturated heterocycles. The number of carboxylic acids is 2. The molecule has 0 aliphatic heterocycles. The third kappa shape index (κ3) is 25.1. The van der Waals surface area contributed by atoms with Gasteiger partial charge in [-0.2, -0.15) is 0 Å². The van der Waals surface area contributed by atoms with Crippen molar-refractivity contribution in [2.45, 2.75) is 39.1 Å². The van der Waals surface area contributed by atoms with Crippen molar-refractivity contribution in [3.63, 3.8) is 0 Å². The monoisotopic (exact) mass is 249 g/mol. The Morgan fingerprint density at radius 3 is 1.18 bits per heavy atom. The standard InChI is InChI=1S/C6H15NO2.C4H4O4/c1-5(2,8)7-6(3,4)9;5-3(6)1-2-4(7)8/h7-9H,1-4H3;1-2H,(H,5,6)(H,7,8)/b;2-1-. The Bertz CT molecular complexity index is 256. The van der Waals surface area contributed by atoms with Gasteiger partial charge in [0.25, 0.3) is 0 Å².